The molecule has 0 aromatic carbocycles. The van der Waals surface area contributed by atoms with Gasteiger partial charge < -0.3 is 19.8 Å². The molecule has 0 spiro atoms. The molecule has 10 heavy (non-hydrogen) atoms. The van der Waals surface area contributed by atoms with E-state index in [-0.39, 0.29) is 0 Å². The van der Waals surface area contributed by atoms with E-state index in [1.807, 2.05) is 0 Å². The van der Waals surface area contributed by atoms with Crippen molar-refractivity contribution in [1.82, 2.24) is 0 Å². The second-order valence-corrected chi connectivity index (χ2v) is 1.36. The van der Waals surface area contributed by atoms with Crippen LogP contribution in [0.4, 0.5) is 0 Å². The van der Waals surface area contributed by atoms with E-state index < -0.39 is 11.9 Å². The van der Waals surface area contributed by atoms with Crippen molar-refractivity contribution < 1.29 is 19.8 Å². The molecule has 0 rings (SSSR count). The van der Waals surface area contributed by atoms with Gasteiger partial charge in [-0.25, -0.2) is 0 Å². The Morgan fingerprint density at radius 1 is 0.900 bits per heavy atom. The zero-order chi connectivity index (χ0) is 7.98. The second-order valence-electron chi connectivity index (χ2n) is 1.36. The molecule has 54 valence electrons. The summed E-state index contributed by atoms with van der Waals surface area (Å²) in [7, 11) is 0. The van der Waals surface area contributed by atoms with Crippen molar-refractivity contribution in [3.63, 3.8) is 0 Å². The first-order valence-electron chi connectivity index (χ1n) is 2.39. The van der Waals surface area contributed by atoms with Crippen molar-refractivity contribution in [1.29, 1.82) is 0 Å². The molecule has 4 nitrogen and oxygen atoms in total. The molecule has 0 amide bonds. The molecule has 0 aromatic heterocycles. The van der Waals surface area contributed by atoms with Crippen LogP contribution in [-0.2, 0) is 9.59 Å². The quantitative estimate of drug-likeness (QED) is 0.323. The summed E-state index contributed by atoms with van der Waals surface area (Å²) in [5.74, 6) is -2.74. The van der Waals surface area contributed by atoms with E-state index in [1.54, 1.807) is 0 Å². The number of hydrogen-bond donors (Lipinski definition) is 0. The Morgan fingerprint density at radius 3 is 1.40 bits per heavy atom. The Kier molecular flexibility index (Phi) is 3.63. The molecule has 0 aliphatic heterocycles. The van der Waals surface area contributed by atoms with Crippen LogP contribution in [0.15, 0.2) is 24.3 Å². The highest BCUT2D eigenvalue weighted by Crippen LogP contribution is 1.74. The van der Waals surface area contributed by atoms with Gasteiger partial charge in [-0.15, -0.1) is 0 Å². The highest BCUT2D eigenvalue weighted by molar-refractivity contribution is 5.80. The normalized spacial score (nSPS) is 10.8. The molecule has 0 fully saturated rings. The average Bonchev–Trinajstić information content (AvgIpc) is 1.79. The summed E-state index contributed by atoms with van der Waals surface area (Å²) in [6, 6.07) is 0. The van der Waals surface area contributed by atoms with Gasteiger partial charge in [-0.3, -0.25) is 0 Å². The summed E-state index contributed by atoms with van der Waals surface area (Å²) in [5, 5.41) is 19.3. The van der Waals surface area contributed by atoms with Crippen molar-refractivity contribution in [2.24, 2.45) is 0 Å². The SMILES string of the molecule is O=C([O-])/C=C\C=C/C(=O)[O-]. The largest absolute Gasteiger partial charge is 0.545 e. The number of allylic oxidation sites excluding steroid dienone is 2. The molecule has 0 radical (unpaired) electrons. The van der Waals surface area contributed by atoms with Gasteiger partial charge in [0.15, 0.2) is 0 Å². The third-order valence-corrected chi connectivity index (χ3v) is 0.576. The van der Waals surface area contributed by atoms with Gasteiger partial charge in [0.1, 0.15) is 0 Å². The van der Waals surface area contributed by atoms with Gasteiger partial charge >= 0.3 is 0 Å². The van der Waals surface area contributed by atoms with Crippen LogP contribution in [0.2, 0.25) is 0 Å². The van der Waals surface area contributed by atoms with E-state index >= 15 is 0 Å². The molecule has 0 N–H and O–H groups in total. The van der Waals surface area contributed by atoms with Crippen LogP contribution >= 0.6 is 0 Å². The van der Waals surface area contributed by atoms with Gasteiger partial charge in [-0.1, -0.05) is 12.2 Å². The first kappa shape index (κ1) is 8.42. The van der Waals surface area contributed by atoms with Crippen molar-refractivity contribution in [2.45, 2.75) is 0 Å². The van der Waals surface area contributed by atoms with E-state index in [0.717, 1.165) is 12.2 Å². The maximum Gasteiger partial charge on any atom is 0.0642 e. The Balaban J connectivity index is 3.73. The minimum Gasteiger partial charge on any atom is -0.545 e. The fraction of sp³-hybridized carbons (Fsp3) is 0. The van der Waals surface area contributed by atoms with Crippen LogP contribution in [0.5, 0.6) is 0 Å². The van der Waals surface area contributed by atoms with Crippen LogP contribution in [0.1, 0.15) is 0 Å². The first-order valence-corrected chi connectivity index (χ1v) is 2.39. The number of hydrogen-bond acceptors (Lipinski definition) is 4. The van der Waals surface area contributed by atoms with Crippen LogP contribution in [0.3, 0.4) is 0 Å². The Morgan fingerprint density at radius 2 is 1.20 bits per heavy atom. The standard InChI is InChI=1S/C6H6O4/c7-5(8)3-1-2-4-6(9)10/h1-4H,(H,7,8)(H,9,10)/p-2/b3-1-,4-2-. The molecule has 0 aromatic rings. The summed E-state index contributed by atoms with van der Waals surface area (Å²) in [6.07, 6.45) is 3.48. The van der Waals surface area contributed by atoms with E-state index in [2.05, 4.69) is 0 Å². The number of aliphatic carboxylic acids is 2. The molecule has 0 saturated heterocycles. The summed E-state index contributed by atoms with van der Waals surface area (Å²) < 4.78 is 0. The monoisotopic (exact) mass is 140 g/mol. The fourth-order valence-corrected chi connectivity index (χ4v) is 0.268. The summed E-state index contributed by atoms with van der Waals surface area (Å²) in [4.78, 5) is 19.3. The van der Waals surface area contributed by atoms with Gasteiger partial charge in [-0.05, 0) is 12.2 Å². The summed E-state index contributed by atoms with van der Waals surface area (Å²) in [6.45, 7) is 0. The lowest BCUT2D eigenvalue weighted by Gasteiger charge is -1.88. The number of carboxylic acid groups (broad SMARTS) is 2. The molecule has 0 bridgehead atoms. The Labute approximate surface area is 57.1 Å². The lowest BCUT2D eigenvalue weighted by Crippen LogP contribution is -2.19. The zero-order valence-electron chi connectivity index (χ0n) is 4.94. The minimum atomic E-state index is -1.37. The summed E-state index contributed by atoms with van der Waals surface area (Å²) in [5.41, 5.74) is 0. The Hall–Kier alpha value is -1.58. The van der Waals surface area contributed by atoms with Gasteiger partial charge in [0.05, 0.1) is 11.9 Å². The zero-order valence-corrected chi connectivity index (χ0v) is 4.94. The van der Waals surface area contributed by atoms with Crippen molar-refractivity contribution >= 4 is 11.9 Å². The van der Waals surface area contributed by atoms with Crippen LogP contribution < -0.4 is 10.2 Å². The Bertz CT molecular complexity index is 168. The van der Waals surface area contributed by atoms with Gasteiger partial charge in [0, 0.05) is 0 Å². The maximum atomic E-state index is 9.65. The van der Waals surface area contributed by atoms with Crippen molar-refractivity contribution in [2.75, 3.05) is 0 Å². The van der Waals surface area contributed by atoms with Crippen LogP contribution in [-0.4, -0.2) is 11.9 Å². The third kappa shape index (κ3) is 6.42. The number of carboxylic acids is 2. The predicted molar refractivity (Wildman–Crippen MR) is 28.3 cm³/mol. The van der Waals surface area contributed by atoms with Crippen molar-refractivity contribution in [3.05, 3.63) is 24.3 Å². The van der Waals surface area contributed by atoms with Gasteiger partial charge in [0.2, 0.25) is 0 Å². The summed E-state index contributed by atoms with van der Waals surface area (Å²) >= 11 is 0. The maximum absolute atomic E-state index is 9.65. The molecule has 0 aliphatic rings. The highest BCUT2D eigenvalue weighted by atomic mass is 16.4. The predicted octanol–water partition coefficient (Wildman–Crippen LogP) is -2.40. The molecule has 0 saturated carbocycles. The number of carbonyl (C=O) groups is 2. The van der Waals surface area contributed by atoms with Gasteiger partial charge in [0.25, 0.3) is 0 Å². The number of rotatable bonds is 3. The van der Waals surface area contributed by atoms with E-state index in [4.69, 9.17) is 0 Å². The molecule has 0 unspecified atom stereocenters. The van der Waals surface area contributed by atoms with Crippen molar-refractivity contribution in [3.8, 4) is 0 Å². The molecular weight excluding hydrogens is 136 g/mol. The average molecular weight is 140 g/mol. The molecule has 4 heteroatoms. The van der Waals surface area contributed by atoms with Crippen LogP contribution in [0, 0.1) is 0 Å². The molecular formula is C6H4O4-2. The first-order chi connectivity index (χ1) is 4.63. The molecule has 0 heterocycles. The topological polar surface area (TPSA) is 80.3 Å². The minimum absolute atomic E-state index is 0.708. The second kappa shape index (κ2) is 4.31. The van der Waals surface area contributed by atoms with E-state index in [1.165, 1.54) is 0 Å². The highest BCUT2D eigenvalue weighted by Gasteiger charge is 1.69. The third-order valence-electron chi connectivity index (χ3n) is 0.576. The fourth-order valence-electron chi connectivity index (χ4n) is 0.268. The van der Waals surface area contributed by atoms with E-state index in [0.29, 0.717) is 12.2 Å². The van der Waals surface area contributed by atoms with E-state index in [9.17, 15) is 19.8 Å². The lowest BCUT2D eigenvalue weighted by atomic mass is 10.4. The molecule has 0 aliphatic carbocycles. The van der Waals surface area contributed by atoms with Gasteiger partial charge in [-0.2, -0.15) is 0 Å². The van der Waals surface area contributed by atoms with Crippen LogP contribution in [0.25, 0.3) is 0 Å². The smallest absolute Gasteiger partial charge is 0.0642 e. The molecule has 0 atom stereocenters. The lowest BCUT2D eigenvalue weighted by molar-refractivity contribution is -0.299. The number of carbonyl (C=O) groups excluding carboxylic acids is 2.